The fourth-order valence-electron chi connectivity index (χ4n) is 1.91. The van der Waals surface area contributed by atoms with Crippen molar-refractivity contribution in [3.63, 3.8) is 0 Å². The molecule has 1 aromatic carbocycles. The Bertz CT molecular complexity index is 569. The van der Waals surface area contributed by atoms with Crippen molar-refractivity contribution in [1.82, 2.24) is 4.57 Å². The standard InChI is InChI=1S/C12H13NO3/c1-7-6-8-9(13(7)2)4-5-10(16-3)11(8)12(14)15/h4-6H,1-3H3,(H,14,15). The molecule has 4 heteroatoms. The van der Waals surface area contributed by atoms with Crippen molar-refractivity contribution in [2.75, 3.05) is 7.11 Å². The molecule has 0 aliphatic rings. The van der Waals surface area contributed by atoms with Gasteiger partial charge in [0.2, 0.25) is 0 Å². The number of ether oxygens (including phenoxy) is 1. The fraction of sp³-hybridized carbons (Fsp3) is 0.250. The summed E-state index contributed by atoms with van der Waals surface area (Å²) in [4.78, 5) is 11.2. The van der Waals surface area contributed by atoms with Gasteiger partial charge < -0.3 is 14.4 Å². The number of hydrogen-bond donors (Lipinski definition) is 1. The van der Waals surface area contributed by atoms with Crippen molar-refractivity contribution >= 4 is 16.9 Å². The number of benzene rings is 1. The molecule has 0 fully saturated rings. The van der Waals surface area contributed by atoms with Crippen LogP contribution in [0.15, 0.2) is 18.2 Å². The van der Waals surface area contributed by atoms with Crippen LogP contribution in [0, 0.1) is 6.92 Å². The first-order valence-electron chi connectivity index (χ1n) is 4.92. The Balaban J connectivity index is 2.89. The normalized spacial score (nSPS) is 10.7. The first-order chi connectivity index (χ1) is 7.56. The van der Waals surface area contributed by atoms with Crippen LogP contribution in [0.25, 0.3) is 10.9 Å². The van der Waals surface area contributed by atoms with Gasteiger partial charge in [-0.3, -0.25) is 0 Å². The van der Waals surface area contributed by atoms with Gasteiger partial charge in [-0.1, -0.05) is 0 Å². The van der Waals surface area contributed by atoms with Gasteiger partial charge in [0.05, 0.1) is 7.11 Å². The van der Waals surface area contributed by atoms with Crippen LogP contribution in [-0.2, 0) is 7.05 Å². The van der Waals surface area contributed by atoms with E-state index in [1.54, 1.807) is 6.07 Å². The molecule has 1 N–H and O–H groups in total. The van der Waals surface area contributed by atoms with Gasteiger partial charge in [0.15, 0.2) is 0 Å². The highest BCUT2D eigenvalue weighted by Crippen LogP contribution is 2.29. The van der Waals surface area contributed by atoms with Crippen molar-refractivity contribution in [2.45, 2.75) is 6.92 Å². The van der Waals surface area contributed by atoms with Crippen LogP contribution < -0.4 is 4.74 Å². The van der Waals surface area contributed by atoms with Crippen LogP contribution in [0.4, 0.5) is 0 Å². The smallest absolute Gasteiger partial charge is 0.340 e. The van der Waals surface area contributed by atoms with Crippen LogP contribution in [0.2, 0.25) is 0 Å². The zero-order chi connectivity index (χ0) is 11.9. The second-order valence-corrected chi connectivity index (χ2v) is 3.73. The summed E-state index contributed by atoms with van der Waals surface area (Å²) in [6.07, 6.45) is 0. The van der Waals surface area contributed by atoms with E-state index < -0.39 is 5.97 Å². The van der Waals surface area contributed by atoms with Gasteiger partial charge in [-0.05, 0) is 25.1 Å². The largest absolute Gasteiger partial charge is 0.496 e. The average Bonchev–Trinajstić information content (AvgIpc) is 2.53. The van der Waals surface area contributed by atoms with E-state index in [9.17, 15) is 9.90 Å². The molecule has 0 aliphatic heterocycles. The van der Waals surface area contributed by atoms with Crippen LogP contribution in [0.5, 0.6) is 5.75 Å². The minimum atomic E-state index is -0.965. The lowest BCUT2D eigenvalue weighted by Crippen LogP contribution is -2.01. The van der Waals surface area contributed by atoms with Gasteiger partial charge in [-0.15, -0.1) is 0 Å². The minimum Gasteiger partial charge on any atom is -0.496 e. The Morgan fingerprint density at radius 1 is 1.44 bits per heavy atom. The lowest BCUT2D eigenvalue weighted by Gasteiger charge is -2.06. The molecule has 0 saturated carbocycles. The van der Waals surface area contributed by atoms with E-state index in [1.807, 2.05) is 30.7 Å². The van der Waals surface area contributed by atoms with E-state index in [0.717, 1.165) is 11.2 Å². The molecule has 0 amide bonds. The number of aromatic carboxylic acids is 1. The van der Waals surface area contributed by atoms with E-state index in [0.29, 0.717) is 11.1 Å². The summed E-state index contributed by atoms with van der Waals surface area (Å²) in [7, 11) is 3.39. The first-order valence-corrected chi connectivity index (χ1v) is 4.92. The molecule has 0 spiro atoms. The quantitative estimate of drug-likeness (QED) is 0.842. The summed E-state index contributed by atoms with van der Waals surface area (Å²) in [5, 5.41) is 9.92. The summed E-state index contributed by atoms with van der Waals surface area (Å²) < 4.78 is 7.03. The Hall–Kier alpha value is -1.97. The Kier molecular flexibility index (Phi) is 2.34. The van der Waals surface area contributed by atoms with Crippen LogP contribution in [-0.4, -0.2) is 22.8 Å². The third-order valence-corrected chi connectivity index (χ3v) is 2.86. The first kappa shape index (κ1) is 10.5. The molecule has 1 aromatic heterocycles. The van der Waals surface area contributed by atoms with E-state index >= 15 is 0 Å². The van der Waals surface area contributed by atoms with Gasteiger partial charge in [-0.25, -0.2) is 4.79 Å². The lowest BCUT2D eigenvalue weighted by molar-refractivity contribution is 0.0695. The molecule has 0 radical (unpaired) electrons. The molecule has 1 heterocycles. The molecular formula is C12H13NO3. The number of hydrogen-bond acceptors (Lipinski definition) is 2. The monoisotopic (exact) mass is 219 g/mol. The highest BCUT2D eigenvalue weighted by molar-refractivity contribution is 6.06. The fourth-order valence-corrected chi connectivity index (χ4v) is 1.91. The molecule has 0 saturated heterocycles. The van der Waals surface area contributed by atoms with E-state index in [1.165, 1.54) is 7.11 Å². The third-order valence-electron chi connectivity index (χ3n) is 2.86. The lowest BCUT2D eigenvalue weighted by atomic mass is 10.1. The summed E-state index contributed by atoms with van der Waals surface area (Å²) in [5.74, 6) is -0.571. The predicted octanol–water partition coefficient (Wildman–Crippen LogP) is 2.19. The number of carboxylic acids is 1. The van der Waals surface area contributed by atoms with Crippen molar-refractivity contribution < 1.29 is 14.6 Å². The SMILES string of the molecule is COc1ccc2c(cc(C)n2C)c1C(=O)O. The Labute approximate surface area is 93.1 Å². The number of carboxylic acid groups (broad SMARTS) is 1. The second-order valence-electron chi connectivity index (χ2n) is 3.73. The van der Waals surface area contributed by atoms with Crippen molar-refractivity contribution in [3.05, 3.63) is 29.5 Å². The van der Waals surface area contributed by atoms with Crippen LogP contribution >= 0.6 is 0 Å². The molecule has 84 valence electrons. The van der Waals surface area contributed by atoms with Gasteiger partial charge in [0.1, 0.15) is 11.3 Å². The Morgan fingerprint density at radius 3 is 2.69 bits per heavy atom. The minimum absolute atomic E-state index is 0.226. The van der Waals surface area contributed by atoms with Crippen LogP contribution in [0.1, 0.15) is 16.1 Å². The molecule has 0 aliphatic carbocycles. The van der Waals surface area contributed by atoms with E-state index in [2.05, 4.69) is 0 Å². The molecular weight excluding hydrogens is 206 g/mol. The molecule has 0 bridgehead atoms. The highest BCUT2D eigenvalue weighted by atomic mass is 16.5. The maximum absolute atomic E-state index is 11.2. The second kappa shape index (κ2) is 3.56. The molecule has 0 unspecified atom stereocenters. The Morgan fingerprint density at radius 2 is 2.12 bits per heavy atom. The molecule has 2 rings (SSSR count). The third kappa shape index (κ3) is 1.34. The summed E-state index contributed by atoms with van der Waals surface area (Å²) in [5.41, 5.74) is 2.14. The summed E-state index contributed by atoms with van der Waals surface area (Å²) >= 11 is 0. The summed E-state index contributed by atoms with van der Waals surface area (Å²) in [6.45, 7) is 1.94. The zero-order valence-corrected chi connectivity index (χ0v) is 9.44. The van der Waals surface area contributed by atoms with Gasteiger partial charge >= 0.3 is 5.97 Å². The van der Waals surface area contributed by atoms with Crippen molar-refractivity contribution in [2.24, 2.45) is 7.05 Å². The predicted molar refractivity (Wildman–Crippen MR) is 61.2 cm³/mol. The highest BCUT2D eigenvalue weighted by Gasteiger charge is 2.17. The maximum atomic E-state index is 11.2. The number of nitrogens with zero attached hydrogens (tertiary/aromatic N) is 1. The number of rotatable bonds is 2. The van der Waals surface area contributed by atoms with Gasteiger partial charge in [-0.2, -0.15) is 0 Å². The number of aryl methyl sites for hydroxylation is 2. The topological polar surface area (TPSA) is 51.5 Å². The van der Waals surface area contributed by atoms with E-state index in [-0.39, 0.29) is 5.56 Å². The van der Waals surface area contributed by atoms with E-state index in [4.69, 9.17) is 4.74 Å². The van der Waals surface area contributed by atoms with Gasteiger partial charge in [0, 0.05) is 23.6 Å². The zero-order valence-electron chi connectivity index (χ0n) is 9.44. The molecule has 0 atom stereocenters. The maximum Gasteiger partial charge on any atom is 0.340 e. The van der Waals surface area contributed by atoms with Gasteiger partial charge in [0.25, 0.3) is 0 Å². The molecule has 2 aromatic rings. The van der Waals surface area contributed by atoms with Crippen molar-refractivity contribution in [3.8, 4) is 5.75 Å². The summed E-state index contributed by atoms with van der Waals surface area (Å²) in [6, 6.07) is 5.42. The number of methoxy groups -OCH3 is 1. The number of fused-ring (bicyclic) bond motifs is 1. The number of carbonyl (C=O) groups is 1. The van der Waals surface area contributed by atoms with Crippen LogP contribution in [0.3, 0.4) is 0 Å². The van der Waals surface area contributed by atoms with Crippen molar-refractivity contribution in [1.29, 1.82) is 0 Å². The average molecular weight is 219 g/mol. The number of aromatic nitrogens is 1. The molecule has 4 nitrogen and oxygen atoms in total. The molecule has 16 heavy (non-hydrogen) atoms.